The maximum atomic E-state index is 9.15. The van der Waals surface area contributed by atoms with Gasteiger partial charge in [-0.3, -0.25) is 4.68 Å². The van der Waals surface area contributed by atoms with Gasteiger partial charge in [0.2, 0.25) is 0 Å². The van der Waals surface area contributed by atoms with E-state index in [0.717, 1.165) is 23.4 Å². The number of aromatic nitrogens is 2. The second-order valence-corrected chi connectivity index (χ2v) is 4.99. The highest BCUT2D eigenvalue weighted by Crippen LogP contribution is 2.20. The minimum atomic E-state index is 0.540. The molecule has 1 aromatic carbocycles. The molecule has 0 spiro atoms. The van der Waals surface area contributed by atoms with Crippen molar-refractivity contribution in [3.8, 4) is 11.8 Å². The van der Waals surface area contributed by atoms with E-state index in [1.165, 1.54) is 5.56 Å². The van der Waals surface area contributed by atoms with Gasteiger partial charge < -0.3 is 10.5 Å². The Morgan fingerprint density at radius 2 is 2.14 bits per heavy atom. The SMILES string of the molecule is COc1ccc(Cn2nc(C)c(CCN)c2C)cc1C#N. The second kappa shape index (κ2) is 6.42. The monoisotopic (exact) mass is 284 g/mol. The molecule has 1 heterocycles. The highest BCUT2D eigenvalue weighted by molar-refractivity contribution is 5.45. The number of methoxy groups -OCH3 is 1. The fraction of sp³-hybridized carbons (Fsp3) is 0.375. The summed E-state index contributed by atoms with van der Waals surface area (Å²) in [5.41, 5.74) is 10.6. The van der Waals surface area contributed by atoms with Crippen LogP contribution >= 0.6 is 0 Å². The molecule has 0 amide bonds. The number of hydrogen-bond acceptors (Lipinski definition) is 4. The molecule has 5 nitrogen and oxygen atoms in total. The largest absolute Gasteiger partial charge is 0.495 e. The molecule has 110 valence electrons. The van der Waals surface area contributed by atoms with Crippen LogP contribution in [0.2, 0.25) is 0 Å². The third-order valence-corrected chi connectivity index (χ3v) is 3.64. The van der Waals surface area contributed by atoms with E-state index in [0.29, 0.717) is 24.4 Å². The summed E-state index contributed by atoms with van der Waals surface area (Å²) in [5.74, 6) is 0.596. The quantitative estimate of drug-likeness (QED) is 0.910. The summed E-state index contributed by atoms with van der Waals surface area (Å²) in [4.78, 5) is 0. The molecular formula is C16H20N4O. The summed E-state index contributed by atoms with van der Waals surface area (Å²) in [5, 5.41) is 13.7. The van der Waals surface area contributed by atoms with Crippen molar-refractivity contribution in [3.05, 3.63) is 46.3 Å². The van der Waals surface area contributed by atoms with Gasteiger partial charge in [0, 0.05) is 5.69 Å². The lowest BCUT2D eigenvalue weighted by Gasteiger charge is -2.08. The normalized spacial score (nSPS) is 10.4. The Balaban J connectivity index is 2.31. The third-order valence-electron chi connectivity index (χ3n) is 3.64. The minimum absolute atomic E-state index is 0.540. The Morgan fingerprint density at radius 3 is 2.76 bits per heavy atom. The Kier molecular flexibility index (Phi) is 4.61. The molecule has 0 fully saturated rings. The van der Waals surface area contributed by atoms with Crippen molar-refractivity contribution in [2.75, 3.05) is 13.7 Å². The fourth-order valence-corrected chi connectivity index (χ4v) is 2.51. The molecule has 2 aromatic rings. The molecule has 0 atom stereocenters. The van der Waals surface area contributed by atoms with E-state index in [1.807, 2.05) is 29.8 Å². The highest BCUT2D eigenvalue weighted by Gasteiger charge is 2.12. The molecule has 1 aromatic heterocycles. The molecule has 2 rings (SSSR count). The van der Waals surface area contributed by atoms with Crippen molar-refractivity contribution in [2.45, 2.75) is 26.8 Å². The summed E-state index contributed by atoms with van der Waals surface area (Å²) in [6.07, 6.45) is 0.837. The molecule has 0 saturated heterocycles. The first kappa shape index (κ1) is 15.1. The number of nitrogens with zero attached hydrogens (tertiary/aromatic N) is 3. The van der Waals surface area contributed by atoms with Crippen LogP contribution in [0.3, 0.4) is 0 Å². The topological polar surface area (TPSA) is 76.9 Å². The average Bonchev–Trinajstić information content (AvgIpc) is 2.75. The zero-order valence-electron chi connectivity index (χ0n) is 12.7. The number of nitrogens with two attached hydrogens (primary N) is 1. The lowest BCUT2D eigenvalue weighted by Crippen LogP contribution is -2.07. The number of aryl methyl sites for hydroxylation is 1. The maximum absolute atomic E-state index is 9.15. The maximum Gasteiger partial charge on any atom is 0.136 e. The standard InChI is InChI=1S/C16H20N4O/c1-11-15(6-7-17)12(2)20(19-11)10-13-4-5-16(21-3)14(8-13)9-18/h4-5,8H,6-7,10,17H2,1-3H3. The molecule has 0 aliphatic rings. The van der Waals surface area contributed by atoms with Crippen molar-refractivity contribution in [1.82, 2.24) is 9.78 Å². The van der Waals surface area contributed by atoms with Gasteiger partial charge in [-0.2, -0.15) is 10.4 Å². The molecule has 0 aliphatic heterocycles. The Morgan fingerprint density at radius 1 is 1.38 bits per heavy atom. The zero-order chi connectivity index (χ0) is 15.4. The number of rotatable bonds is 5. The molecular weight excluding hydrogens is 264 g/mol. The summed E-state index contributed by atoms with van der Waals surface area (Å²) in [6.45, 7) is 5.31. The molecule has 0 aliphatic carbocycles. The van der Waals surface area contributed by atoms with E-state index >= 15 is 0 Å². The first-order valence-corrected chi connectivity index (χ1v) is 6.90. The zero-order valence-corrected chi connectivity index (χ0v) is 12.7. The molecule has 21 heavy (non-hydrogen) atoms. The van der Waals surface area contributed by atoms with Crippen molar-refractivity contribution >= 4 is 0 Å². The van der Waals surface area contributed by atoms with E-state index in [-0.39, 0.29) is 0 Å². The lowest BCUT2D eigenvalue weighted by atomic mass is 10.1. The van der Waals surface area contributed by atoms with Crippen molar-refractivity contribution in [2.24, 2.45) is 5.73 Å². The smallest absolute Gasteiger partial charge is 0.136 e. The lowest BCUT2D eigenvalue weighted by molar-refractivity contribution is 0.413. The summed E-state index contributed by atoms with van der Waals surface area (Å²) < 4.78 is 7.12. The third kappa shape index (κ3) is 3.06. The van der Waals surface area contributed by atoms with Gasteiger partial charge in [0.25, 0.3) is 0 Å². The van der Waals surface area contributed by atoms with E-state index in [2.05, 4.69) is 18.1 Å². The van der Waals surface area contributed by atoms with Gasteiger partial charge in [0.1, 0.15) is 11.8 Å². The van der Waals surface area contributed by atoms with Crippen LogP contribution in [0.1, 0.15) is 28.1 Å². The fourth-order valence-electron chi connectivity index (χ4n) is 2.51. The van der Waals surface area contributed by atoms with Crippen LogP contribution in [0.25, 0.3) is 0 Å². The van der Waals surface area contributed by atoms with Crippen LogP contribution in [0.15, 0.2) is 18.2 Å². The highest BCUT2D eigenvalue weighted by atomic mass is 16.5. The van der Waals surface area contributed by atoms with Crippen LogP contribution in [-0.2, 0) is 13.0 Å². The van der Waals surface area contributed by atoms with Crippen LogP contribution in [0.4, 0.5) is 0 Å². The molecule has 0 bridgehead atoms. The summed E-state index contributed by atoms with van der Waals surface area (Å²) in [7, 11) is 1.57. The van der Waals surface area contributed by atoms with Crippen molar-refractivity contribution in [3.63, 3.8) is 0 Å². The average molecular weight is 284 g/mol. The summed E-state index contributed by atoms with van der Waals surface area (Å²) in [6, 6.07) is 7.78. The second-order valence-electron chi connectivity index (χ2n) is 4.99. The minimum Gasteiger partial charge on any atom is -0.495 e. The van der Waals surface area contributed by atoms with Crippen molar-refractivity contribution in [1.29, 1.82) is 5.26 Å². The number of hydrogen-bond donors (Lipinski definition) is 1. The predicted molar refractivity (Wildman–Crippen MR) is 81.3 cm³/mol. The molecule has 5 heteroatoms. The predicted octanol–water partition coefficient (Wildman–Crippen LogP) is 1.93. The number of ether oxygens (including phenoxy) is 1. The van der Waals surface area contributed by atoms with Gasteiger partial charge in [0.05, 0.1) is 24.9 Å². The molecule has 0 saturated carbocycles. The Labute approximate surface area is 124 Å². The van der Waals surface area contributed by atoms with Gasteiger partial charge in [-0.25, -0.2) is 0 Å². The number of nitriles is 1. The summed E-state index contributed by atoms with van der Waals surface area (Å²) >= 11 is 0. The first-order chi connectivity index (χ1) is 10.1. The van der Waals surface area contributed by atoms with E-state index in [4.69, 9.17) is 15.7 Å². The van der Waals surface area contributed by atoms with E-state index < -0.39 is 0 Å². The first-order valence-electron chi connectivity index (χ1n) is 6.90. The van der Waals surface area contributed by atoms with Gasteiger partial charge in [0.15, 0.2) is 0 Å². The molecule has 0 unspecified atom stereocenters. The van der Waals surface area contributed by atoms with Gasteiger partial charge >= 0.3 is 0 Å². The van der Waals surface area contributed by atoms with E-state index in [9.17, 15) is 0 Å². The van der Waals surface area contributed by atoms with Crippen LogP contribution in [-0.4, -0.2) is 23.4 Å². The number of benzene rings is 1. The van der Waals surface area contributed by atoms with Gasteiger partial charge in [-0.1, -0.05) is 6.07 Å². The van der Waals surface area contributed by atoms with Crippen LogP contribution in [0.5, 0.6) is 5.75 Å². The van der Waals surface area contributed by atoms with Gasteiger partial charge in [-0.05, 0) is 50.1 Å². The Hall–Kier alpha value is -2.32. The molecule has 0 radical (unpaired) electrons. The molecule has 2 N–H and O–H groups in total. The van der Waals surface area contributed by atoms with Crippen molar-refractivity contribution < 1.29 is 4.74 Å². The van der Waals surface area contributed by atoms with Crippen LogP contribution in [0, 0.1) is 25.2 Å². The Bertz CT molecular complexity index is 682. The van der Waals surface area contributed by atoms with Crippen LogP contribution < -0.4 is 10.5 Å². The van der Waals surface area contributed by atoms with E-state index in [1.54, 1.807) is 7.11 Å². The van der Waals surface area contributed by atoms with Gasteiger partial charge in [-0.15, -0.1) is 0 Å².